The average Bonchev–Trinajstić information content (AvgIpc) is 2.78. The van der Waals surface area contributed by atoms with Gasteiger partial charge in [-0.2, -0.15) is 0 Å². The van der Waals surface area contributed by atoms with E-state index in [0.717, 1.165) is 19.3 Å². The molecule has 0 bridgehead atoms. The Balaban J connectivity index is 1.73. The highest BCUT2D eigenvalue weighted by atomic mass is 16.3. The van der Waals surface area contributed by atoms with E-state index in [1.54, 1.807) is 0 Å². The molecule has 0 heterocycles. The molecule has 0 aromatic carbocycles. The van der Waals surface area contributed by atoms with Crippen molar-refractivity contribution in [3.05, 3.63) is 0 Å². The Bertz CT molecular complexity index is 489. The highest BCUT2D eigenvalue weighted by Gasteiger charge is 2.63. The molecule has 8 atom stereocenters. The molecule has 22 heavy (non-hydrogen) atoms. The molecule has 0 spiro atoms. The van der Waals surface area contributed by atoms with Gasteiger partial charge in [0, 0.05) is 18.3 Å². The topological polar surface area (TPSA) is 57.5 Å². The van der Waals surface area contributed by atoms with E-state index in [1.807, 2.05) is 0 Å². The van der Waals surface area contributed by atoms with E-state index in [0.29, 0.717) is 36.4 Å². The van der Waals surface area contributed by atoms with Crippen molar-refractivity contribution in [3.63, 3.8) is 0 Å². The number of carbonyl (C=O) groups excluding carboxylic acids is 1. The van der Waals surface area contributed by atoms with Crippen LogP contribution in [0.1, 0.15) is 65.2 Å². The largest absolute Gasteiger partial charge is 0.393 e. The number of ketones is 1. The van der Waals surface area contributed by atoms with Crippen LogP contribution in [0, 0.1) is 34.5 Å². The van der Waals surface area contributed by atoms with Crippen molar-refractivity contribution in [2.24, 2.45) is 34.5 Å². The minimum Gasteiger partial charge on any atom is -0.393 e. The summed E-state index contributed by atoms with van der Waals surface area (Å²) in [6.45, 7) is 4.48. The van der Waals surface area contributed by atoms with Gasteiger partial charge in [-0.15, -0.1) is 0 Å². The smallest absolute Gasteiger partial charge is 0.133 e. The number of hydrogen-bond acceptors (Lipinski definition) is 3. The molecule has 3 heteroatoms. The molecular weight excluding hydrogens is 276 g/mol. The first-order valence-electron chi connectivity index (χ1n) is 9.24. The number of carbonyl (C=O) groups is 1. The second-order valence-corrected chi connectivity index (χ2v) is 9.21. The van der Waals surface area contributed by atoms with Crippen molar-refractivity contribution in [1.29, 1.82) is 0 Å². The fraction of sp³-hybridized carbons (Fsp3) is 0.947. The normalized spacial score (nSPS) is 57.9. The van der Waals surface area contributed by atoms with Gasteiger partial charge in [0.25, 0.3) is 0 Å². The van der Waals surface area contributed by atoms with Crippen LogP contribution in [-0.2, 0) is 4.79 Å². The van der Waals surface area contributed by atoms with Crippen LogP contribution in [0.5, 0.6) is 0 Å². The van der Waals surface area contributed by atoms with Gasteiger partial charge in [0.05, 0.1) is 12.2 Å². The first-order valence-corrected chi connectivity index (χ1v) is 9.24. The number of rotatable bonds is 0. The van der Waals surface area contributed by atoms with Crippen LogP contribution in [0.4, 0.5) is 0 Å². The fourth-order valence-electron chi connectivity index (χ4n) is 7.08. The molecule has 4 aliphatic rings. The summed E-state index contributed by atoms with van der Waals surface area (Å²) in [5, 5.41) is 21.6. The Morgan fingerprint density at radius 2 is 1.77 bits per heavy atom. The van der Waals surface area contributed by atoms with Crippen LogP contribution in [-0.4, -0.2) is 28.2 Å². The zero-order valence-corrected chi connectivity index (χ0v) is 13.9. The molecule has 4 rings (SSSR count). The third-order valence-corrected chi connectivity index (χ3v) is 8.30. The second-order valence-electron chi connectivity index (χ2n) is 9.21. The summed E-state index contributed by atoms with van der Waals surface area (Å²) in [7, 11) is 0. The molecular formula is C19H30O3. The minimum atomic E-state index is -0.347. The van der Waals surface area contributed by atoms with E-state index in [-0.39, 0.29) is 29.0 Å². The van der Waals surface area contributed by atoms with Crippen molar-refractivity contribution < 1.29 is 15.0 Å². The van der Waals surface area contributed by atoms with Gasteiger partial charge in [-0.1, -0.05) is 26.7 Å². The van der Waals surface area contributed by atoms with E-state index in [2.05, 4.69) is 13.8 Å². The summed E-state index contributed by atoms with van der Waals surface area (Å²) in [6.07, 6.45) is 7.10. The number of fused-ring (bicyclic) bond motifs is 5. The van der Waals surface area contributed by atoms with Gasteiger partial charge in [-0.25, -0.2) is 0 Å². The lowest BCUT2D eigenvalue weighted by Crippen LogP contribution is -2.59. The lowest BCUT2D eigenvalue weighted by molar-refractivity contribution is -0.183. The predicted molar refractivity (Wildman–Crippen MR) is 84.1 cm³/mol. The summed E-state index contributed by atoms with van der Waals surface area (Å²) in [5.74, 6) is 1.91. The Kier molecular flexibility index (Phi) is 3.30. The lowest BCUT2D eigenvalue weighted by Gasteiger charge is -2.62. The van der Waals surface area contributed by atoms with Crippen molar-refractivity contribution in [3.8, 4) is 0 Å². The van der Waals surface area contributed by atoms with Gasteiger partial charge in [0.1, 0.15) is 5.78 Å². The molecule has 4 saturated carbocycles. The number of aliphatic hydroxyl groups is 2. The molecule has 0 saturated heterocycles. The molecule has 0 amide bonds. The van der Waals surface area contributed by atoms with Crippen molar-refractivity contribution >= 4 is 5.78 Å². The minimum absolute atomic E-state index is 0.161. The van der Waals surface area contributed by atoms with Gasteiger partial charge in [0.15, 0.2) is 0 Å². The highest BCUT2D eigenvalue weighted by molar-refractivity contribution is 5.82. The fourth-order valence-corrected chi connectivity index (χ4v) is 7.08. The first-order chi connectivity index (χ1) is 10.4. The summed E-state index contributed by atoms with van der Waals surface area (Å²) in [4.78, 5) is 12.1. The third kappa shape index (κ3) is 1.84. The van der Waals surface area contributed by atoms with Crippen LogP contribution in [0.15, 0.2) is 0 Å². The molecule has 2 N–H and O–H groups in total. The Hall–Kier alpha value is -0.410. The summed E-state index contributed by atoms with van der Waals surface area (Å²) >= 11 is 0. The van der Waals surface area contributed by atoms with Crippen LogP contribution in [0.25, 0.3) is 0 Å². The van der Waals surface area contributed by atoms with Crippen molar-refractivity contribution in [2.75, 3.05) is 0 Å². The Labute approximate surface area is 133 Å². The number of aliphatic hydroxyl groups excluding tert-OH is 2. The monoisotopic (exact) mass is 306 g/mol. The van der Waals surface area contributed by atoms with Crippen molar-refractivity contribution in [2.45, 2.75) is 77.4 Å². The zero-order valence-electron chi connectivity index (χ0n) is 13.9. The number of hydrogen-bond donors (Lipinski definition) is 2. The SMILES string of the molecule is C[C@]12CCCC[C@@H]1[C@@H](O)C[C@H]1[C@H]3CC(=O)C[C@]3(C)[C@H](O)C[C@@H]12. The molecule has 0 aromatic rings. The summed E-state index contributed by atoms with van der Waals surface area (Å²) < 4.78 is 0. The molecule has 0 unspecified atom stereocenters. The van der Waals surface area contributed by atoms with Gasteiger partial charge in [0.2, 0.25) is 0 Å². The lowest BCUT2D eigenvalue weighted by atomic mass is 9.44. The Morgan fingerprint density at radius 3 is 2.55 bits per heavy atom. The van der Waals surface area contributed by atoms with Crippen LogP contribution >= 0.6 is 0 Å². The van der Waals surface area contributed by atoms with Gasteiger partial charge in [-0.05, 0) is 54.8 Å². The maximum atomic E-state index is 12.1. The molecule has 0 radical (unpaired) electrons. The van der Waals surface area contributed by atoms with Gasteiger partial charge in [-0.3, -0.25) is 4.79 Å². The first kappa shape index (κ1) is 15.1. The molecule has 0 aromatic heterocycles. The van der Waals surface area contributed by atoms with E-state index in [9.17, 15) is 15.0 Å². The van der Waals surface area contributed by atoms with E-state index in [4.69, 9.17) is 0 Å². The standard InChI is InChI=1S/C19H30O3/c1-18-6-4-3-5-13(18)16(21)8-12-14-7-11(20)10-19(14,2)17(22)9-15(12)18/h12-17,21-22H,3-10H2,1-2H3/t12-,13+,14+,15-,16-,17+,18-,19-/m0/s1. The third-order valence-electron chi connectivity index (χ3n) is 8.30. The molecule has 4 aliphatic carbocycles. The quantitative estimate of drug-likeness (QED) is 0.723. The Morgan fingerprint density at radius 1 is 1.00 bits per heavy atom. The van der Waals surface area contributed by atoms with Gasteiger partial charge < -0.3 is 10.2 Å². The molecule has 124 valence electrons. The maximum Gasteiger partial charge on any atom is 0.133 e. The molecule has 0 aliphatic heterocycles. The van der Waals surface area contributed by atoms with Crippen LogP contribution in [0.2, 0.25) is 0 Å². The van der Waals surface area contributed by atoms with Crippen LogP contribution in [0.3, 0.4) is 0 Å². The molecule has 4 fully saturated rings. The van der Waals surface area contributed by atoms with Crippen molar-refractivity contribution in [1.82, 2.24) is 0 Å². The van der Waals surface area contributed by atoms with Crippen LogP contribution < -0.4 is 0 Å². The summed E-state index contributed by atoms with van der Waals surface area (Å²) in [6, 6.07) is 0. The second kappa shape index (κ2) is 4.80. The zero-order chi connectivity index (χ0) is 15.7. The van der Waals surface area contributed by atoms with E-state index in [1.165, 1.54) is 19.3 Å². The highest BCUT2D eigenvalue weighted by Crippen LogP contribution is 2.65. The predicted octanol–water partition coefficient (Wildman–Crippen LogP) is 2.93. The van der Waals surface area contributed by atoms with Gasteiger partial charge >= 0.3 is 0 Å². The molecule has 3 nitrogen and oxygen atoms in total. The number of Topliss-reactive ketones (excluding diaryl/α,β-unsaturated/α-hetero) is 1. The summed E-state index contributed by atoms with van der Waals surface area (Å²) in [5.41, 5.74) is -0.0790. The van der Waals surface area contributed by atoms with E-state index >= 15 is 0 Å². The van der Waals surface area contributed by atoms with E-state index < -0.39 is 0 Å². The average molecular weight is 306 g/mol. The maximum absolute atomic E-state index is 12.1.